The predicted octanol–water partition coefficient (Wildman–Crippen LogP) is 5.24. The van der Waals surface area contributed by atoms with Gasteiger partial charge < -0.3 is 4.42 Å². The lowest BCUT2D eigenvalue weighted by Crippen LogP contribution is -1.99. The Hall–Kier alpha value is -1.02. The Morgan fingerprint density at radius 2 is 2.22 bits per heavy atom. The minimum Gasteiger partial charge on any atom is -0.464 e. The molecular formula is C15H20ClNO. The van der Waals surface area contributed by atoms with E-state index >= 15 is 0 Å². The van der Waals surface area contributed by atoms with Crippen LogP contribution in [-0.2, 0) is 6.42 Å². The molecule has 2 nitrogen and oxygen atoms in total. The van der Waals surface area contributed by atoms with E-state index in [9.17, 15) is 0 Å². The fourth-order valence-corrected chi connectivity index (χ4v) is 2.46. The Kier molecular flexibility index (Phi) is 4.65. The SMILES string of the molecule is CCCCC(C)CCc1cc2occc2c(Cl)n1. The van der Waals surface area contributed by atoms with Gasteiger partial charge in [0.25, 0.3) is 0 Å². The number of hydrogen-bond donors (Lipinski definition) is 0. The van der Waals surface area contributed by atoms with Gasteiger partial charge in [0.15, 0.2) is 0 Å². The maximum atomic E-state index is 6.13. The molecule has 2 aromatic heterocycles. The molecule has 0 fully saturated rings. The summed E-state index contributed by atoms with van der Waals surface area (Å²) in [5.74, 6) is 0.748. The summed E-state index contributed by atoms with van der Waals surface area (Å²) in [6.45, 7) is 4.54. The van der Waals surface area contributed by atoms with Crippen LogP contribution in [0.1, 0.15) is 45.2 Å². The number of aromatic nitrogens is 1. The lowest BCUT2D eigenvalue weighted by molar-refractivity contribution is 0.469. The van der Waals surface area contributed by atoms with Gasteiger partial charge in [0.1, 0.15) is 10.7 Å². The molecule has 2 heterocycles. The molecule has 2 aromatic rings. The lowest BCUT2D eigenvalue weighted by Gasteiger charge is -2.10. The number of pyridine rings is 1. The first-order valence-corrected chi connectivity index (χ1v) is 7.11. The Bertz CT molecular complexity index is 506. The monoisotopic (exact) mass is 265 g/mol. The molecule has 3 heteroatoms. The van der Waals surface area contributed by atoms with Crippen molar-refractivity contribution >= 4 is 22.6 Å². The van der Waals surface area contributed by atoms with Gasteiger partial charge in [-0.05, 0) is 24.8 Å². The predicted molar refractivity (Wildman–Crippen MR) is 76.0 cm³/mol. The van der Waals surface area contributed by atoms with E-state index in [-0.39, 0.29) is 0 Å². The third kappa shape index (κ3) is 3.26. The number of halogens is 1. The highest BCUT2D eigenvalue weighted by Crippen LogP contribution is 2.24. The van der Waals surface area contributed by atoms with Crippen molar-refractivity contribution in [2.75, 3.05) is 0 Å². The van der Waals surface area contributed by atoms with Gasteiger partial charge in [0, 0.05) is 11.8 Å². The molecule has 18 heavy (non-hydrogen) atoms. The maximum Gasteiger partial charge on any atom is 0.140 e. The molecule has 98 valence electrons. The molecule has 0 saturated carbocycles. The number of hydrogen-bond acceptors (Lipinski definition) is 2. The topological polar surface area (TPSA) is 26.0 Å². The summed E-state index contributed by atoms with van der Waals surface area (Å²) < 4.78 is 5.39. The number of furan rings is 1. The van der Waals surface area contributed by atoms with E-state index < -0.39 is 0 Å². The minimum absolute atomic E-state index is 0.553. The Morgan fingerprint density at radius 3 is 3.00 bits per heavy atom. The quantitative estimate of drug-likeness (QED) is 0.668. The molecule has 0 saturated heterocycles. The highest BCUT2D eigenvalue weighted by molar-refractivity contribution is 6.34. The fraction of sp³-hybridized carbons (Fsp3) is 0.533. The van der Waals surface area contributed by atoms with Gasteiger partial charge in [-0.2, -0.15) is 0 Å². The van der Waals surface area contributed by atoms with Crippen molar-refractivity contribution in [1.29, 1.82) is 0 Å². The summed E-state index contributed by atoms with van der Waals surface area (Å²) in [6, 6.07) is 3.87. The van der Waals surface area contributed by atoms with Crippen LogP contribution in [0.25, 0.3) is 11.0 Å². The van der Waals surface area contributed by atoms with E-state index in [2.05, 4.69) is 18.8 Å². The Labute approximate surface area is 113 Å². The molecule has 0 amide bonds. The van der Waals surface area contributed by atoms with Crippen molar-refractivity contribution in [3.63, 3.8) is 0 Å². The van der Waals surface area contributed by atoms with Crippen molar-refractivity contribution in [2.24, 2.45) is 5.92 Å². The number of nitrogens with zero attached hydrogens (tertiary/aromatic N) is 1. The molecule has 0 bridgehead atoms. The molecule has 0 spiro atoms. The van der Waals surface area contributed by atoms with E-state index in [0.717, 1.165) is 35.4 Å². The highest BCUT2D eigenvalue weighted by Gasteiger charge is 2.08. The van der Waals surface area contributed by atoms with Crippen LogP contribution in [0.2, 0.25) is 5.15 Å². The van der Waals surface area contributed by atoms with Crippen LogP contribution in [0, 0.1) is 5.92 Å². The van der Waals surface area contributed by atoms with Crippen LogP contribution < -0.4 is 0 Å². The van der Waals surface area contributed by atoms with Crippen LogP contribution in [0.5, 0.6) is 0 Å². The van der Waals surface area contributed by atoms with Crippen LogP contribution in [0.15, 0.2) is 22.8 Å². The third-order valence-electron chi connectivity index (χ3n) is 3.40. The lowest BCUT2D eigenvalue weighted by atomic mass is 9.98. The summed E-state index contributed by atoms with van der Waals surface area (Å²) in [6.07, 6.45) is 7.68. The van der Waals surface area contributed by atoms with E-state index in [0.29, 0.717) is 5.15 Å². The molecular weight excluding hydrogens is 246 g/mol. The first-order valence-electron chi connectivity index (χ1n) is 6.73. The van der Waals surface area contributed by atoms with Crippen LogP contribution in [0.3, 0.4) is 0 Å². The fourth-order valence-electron chi connectivity index (χ4n) is 2.19. The van der Waals surface area contributed by atoms with E-state index in [1.54, 1.807) is 6.26 Å². The molecule has 0 aliphatic carbocycles. The van der Waals surface area contributed by atoms with Crippen molar-refractivity contribution < 1.29 is 4.42 Å². The smallest absolute Gasteiger partial charge is 0.140 e. The zero-order valence-corrected chi connectivity index (χ0v) is 11.8. The summed E-state index contributed by atoms with van der Waals surface area (Å²) in [5.41, 5.74) is 1.87. The molecule has 2 rings (SSSR count). The van der Waals surface area contributed by atoms with Gasteiger partial charge in [-0.3, -0.25) is 0 Å². The summed E-state index contributed by atoms with van der Waals surface area (Å²) >= 11 is 6.13. The summed E-state index contributed by atoms with van der Waals surface area (Å²) in [5, 5.41) is 1.46. The molecule has 0 N–H and O–H groups in total. The number of rotatable bonds is 6. The molecule has 0 aromatic carbocycles. The Morgan fingerprint density at radius 1 is 1.39 bits per heavy atom. The summed E-state index contributed by atoms with van der Waals surface area (Å²) in [4.78, 5) is 4.43. The first kappa shape index (κ1) is 13.4. The van der Waals surface area contributed by atoms with Gasteiger partial charge in [-0.1, -0.05) is 44.7 Å². The molecule has 1 unspecified atom stereocenters. The van der Waals surface area contributed by atoms with Crippen LogP contribution in [0.4, 0.5) is 0 Å². The molecule has 1 atom stereocenters. The molecule has 0 radical (unpaired) electrons. The maximum absolute atomic E-state index is 6.13. The highest BCUT2D eigenvalue weighted by atomic mass is 35.5. The molecule has 0 aliphatic rings. The van der Waals surface area contributed by atoms with E-state index in [1.165, 1.54) is 19.3 Å². The second-order valence-electron chi connectivity index (χ2n) is 5.02. The van der Waals surface area contributed by atoms with Crippen molar-refractivity contribution in [3.8, 4) is 0 Å². The summed E-state index contributed by atoms with van der Waals surface area (Å²) in [7, 11) is 0. The van der Waals surface area contributed by atoms with Crippen molar-refractivity contribution in [1.82, 2.24) is 4.98 Å². The Balaban J connectivity index is 1.99. The second-order valence-corrected chi connectivity index (χ2v) is 5.38. The van der Waals surface area contributed by atoms with Crippen LogP contribution >= 0.6 is 11.6 Å². The largest absolute Gasteiger partial charge is 0.464 e. The third-order valence-corrected chi connectivity index (χ3v) is 3.69. The van der Waals surface area contributed by atoms with Gasteiger partial charge in [0.05, 0.1) is 11.6 Å². The zero-order valence-electron chi connectivity index (χ0n) is 11.1. The number of unbranched alkanes of at least 4 members (excludes halogenated alkanes) is 1. The second kappa shape index (κ2) is 6.24. The minimum atomic E-state index is 0.553. The first-order chi connectivity index (χ1) is 8.70. The zero-order chi connectivity index (χ0) is 13.0. The van der Waals surface area contributed by atoms with E-state index in [4.69, 9.17) is 16.0 Å². The standard InChI is InChI=1S/C15H20ClNO/c1-3-4-5-11(2)6-7-12-10-14-13(8-9-18-14)15(16)17-12/h8-11H,3-7H2,1-2H3. The normalized spacial score (nSPS) is 13.1. The number of fused-ring (bicyclic) bond motifs is 1. The van der Waals surface area contributed by atoms with Gasteiger partial charge >= 0.3 is 0 Å². The van der Waals surface area contributed by atoms with Gasteiger partial charge in [0.2, 0.25) is 0 Å². The van der Waals surface area contributed by atoms with Gasteiger partial charge in [-0.15, -0.1) is 0 Å². The average molecular weight is 266 g/mol. The van der Waals surface area contributed by atoms with Crippen LogP contribution in [-0.4, -0.2) is 4.98 Å². The number of aryl methyl sites for hydroxylation is 1. The average Bonchev–Trinajstić information content (AvgIpc) is 2.82. The molecule has 0 aliphatic heterocycles. The van der Waals surface area contributed by atoms with Gasteiger partial charge in [-0.25, -0.2) is 4.98 Å². The van der Waals surface area contributed by atoms with Crippen molar-refractivity contribution in [2.45, 2.75) is 46.0 Å². The van der Waals surface area contributed by atoms with Crippen molar-refractivity contribution in [3.05, 3.63) is 29.2 Å². The van der Waals surface area contributed by atoms with E-state index in [1.807, 2.05) is 12.1 Å².